The van der Waals surface area contributed by atoms with E-state index in [1.165, 1.54) is 5.56 Å². The molecular weight excluding hydrogens is 440 g/mol. The van der Waals surface area contributed by atoms with Crippen LogP contribution in [0, 0.1) is 0 Å². The summed E-state index contributed by atoms with van der Waals surface area (Å²) in [6.45, 7) is -0.254. The number of pyridine rings is 1. The molecule has 0 aliphatic rings. The van der Waals surface area contributed by atoms with Crippen molar-refractivity contribution in [2.45, 2.75) is 19.6 Å². The fourth-order valence-corrected chi connectivity index (χ4v) is 4.78. The summed E-state index contributed by atoms with van der Waals surface area (Å²) in [6, 6.07) is 20.5. The van der Waals surface area contributed by atoms with Gasteiger partial charge in [-0.3, -0.25) is 4.90 Å². The molecule has 0 unspecified atom stereocenters. The Hall–Kier alpha value is -3.61. The second-order valence-electron chi connectivity index (χ2n) is 8.86. The van der Waals surface area contributed by atoms with Crippen LogP contribution in [0.1, 0.15) is 22.3 Å². The van der Waals surface area contributed by atoms with E-state index in [2.05, 4.69) is 33.7 Å². The number of methoxy groups -OCH3 is 2. The van der Waals surface area contributed by atoms with Gasteiger partial charge in [-0.2, -0.15) is 0 Å². The summed E-state index contributed by atoms with van der Waals surface area (Å²) in [4.78, 5) is 2.07. The Morgan fingerprint density at radius 2 is 1.43 bits per heavy atom. The van der Waals surface area contributed by atoms with Gasteiger partial charge in [0.2, 0.25) is 0 Å². The second kappa shape index (κ2) is 10.3. The lowest BCUT2D eigenvalue weighted by atomic mass is 9.94. The number of aliphatic hydroxyl groups excluding tert-OH is 2. The number of anilines is 1. The maximum Gasteiger partial charge on any atom is 0.284 e. The summed E-state index contributed by atoms with van der Waals surface area (Å²) in [5.41, 5.74) is 5.81. The molecular formula is C29H33N2O4+. The van der Waals surface area contributed by atoms with Crippen LogP contribution in [0.3, 0.4) is 0 Å². The third-order valence-corrected chi connectivity index (χ3v) is 6.47. The van der Waals surface area contributed by atoms with Crippen molar-refractivity contribution in [2.75, 3.05) is 33.2 Å². The molecule has 0 saturated carbocycles. The number of ether oxygens (including phenoxy) is 2. The lowest BCUT2D eigenvalue weighted by Crippen LogP contribution is -2.38. The first-order valence-corrected chi connectivity index (χ1v) is 11.6. The monoisotopic (exact) mass is 473 g/mol. The molecule has 0 atom stereocenters. The van der Waals surface area contributed by atoms with E-state index < -0.39 is 0 Å². The summed E-state index contributed by atoms with van der Waals surface area (Å²) < 4.78 is 13.5. The van der Waals surface area contributed by atoms with E-state index in [-0.39, 0.29) is 13.2 Å². The van der Waals surface area contributed by atoms with E-state index >= 15 is 0 Å². The predicted octanol–water partition coefficient (Wildman–Crippen LogP) is 3.99. The molecule has 4 rings (SSSR count). The van der Waals surface area contributed by atoms with Crippen LogP contribution in [0.25, 0.3) is 22.0 Å². The van der Waals surface area contributed by atoms with Crippen LogP contribution < -0.4 is 18.9 Å². The zero-order valence-corrected chi connectivity index (χ0v) is 21.0. The molecule has 1 heterocycles. The summed E-state index contributed by atoms with van der Waals surface area (Å²) in [5.74, 6) is 2.35. The van der Waals surface area contributed by atoms with E-state index in [4.69, 9.17) is 9.47 Å². The lowest BCUT2D eigenvalue weighted by molar-refractivity contribution is -0.646. The Morgan fingerprint density at radius 1 is 0.800 bits per heavy atom. The van der Waals surface area contributed by atoms with Crippen LogP contribution in [0.15, 0.2) is 60.7 Å². The molecule has 0 amide bonds. The maximum atomic E-state index is 9.91. The molecule has 6 nitrogen and oxygen atoms in total. The van der Waals surface area contributed by atoms with Gasteiger partial charge in [-0.25, -0.2) is 4.57 Å². The van der Waals surface area contributed by atoms with E-state index in [1.807, 2.05) is 57.5 Å². The number of benzene rings is 3. The molecule has 35 heavy (non-hydrogen) atoms. The van der Waals surface area contributed by atoms with Gasteiger partial charge in [-0.05, 0) is 64.4 Å². The third-order valence-electron chi connectivity index (χ3n) is 6.47. The summed E-state index contributed by atoms with van der Waals surface area (Å²) in [5, 5.41) is 21.8. The highest BCUT2D eigenvalue weighted by atomic mass is 16.5. The average Bonchev–Trinajstić information content (AvgIpc) is 2.87. The molecule has 2 N–H and O–H groups in total. The molecule has 0 aliphatic carbocycles. The van der Waals surface area contributed by atoms with Crippen LogP contribution in [-0.2, 0) is 26.7 Å². The van der Waals surface area contributed by atoms with Gasteiger partial charge in [-0.15, -0.1) is 0 Å². The van der Waals surface area contributed by atoms with Gasteiger partial charge in [0.15, 0.2) is 11.5 Å². The quantitative estimate of drug-likeness (QED) is 0.379. The van der Waals surface area contributed by atoms with Crippen LogP contribution in [0.2, 0.25) is 0 Å². The van der Waals surface area contributed by atoms with E-state index in [1.54, 1.807) is 14.2 Å². The minimum absolute atomic E-state index is 0.124. The van der Waals surface area contributed by atoms with E-state index in [9.17, 15) is 10.2 Å². The molecule has 1 aromatic heterocycles. The SMILES string of the molecule is COc1cc(Cc2ccccc2)c(-c2cc3cc(CO)c(CO)cc3c(N(C)C)[n+]2C)cc1OC. The number of hydrogen-bond donors (Lipinski definition) is 2. The van der Waals surface area contributed by atoms with Gasteiger partial charge < -0.3 is 19.7 Å². The minimum Gasteiger partial charge on any atom is -0.493 e. The summed E-state index contributed by atoms with van der Waals surface area (Å²) in [7, 11) is 9.37. The fraction of sp³-hybridized carbons (Fsp3) is 0.276. The standard InChI is InChI=1S/C29H33N2O4/c1-30(2)29-25-13-23(18-33)22(17-32)12-21(25)14-26(31(29)3)24-16-28(35-5)27(34-4)15-20(24)11-19-9-7-6-8-10-19/h6-10,12-16,32-33H,11,17-18H2,1-5H3/q+1. The minimum atomic E-state index is -0.130. The van der Waals surface area contributed by atoms with Gasteiger partial charge in [0.1, 0.15) is 5.69 Å². The molecule has 0 aliphatic heterocycles. The molecule has 0 fully saturated rings. The highest BCUT2D eigenvalue weighted by Gasteiger charge is 2.24. The predicted molar refractivity (Wildman–Crippen MR) is 139 cm³/mol. The topological polar surface area (TPSA) is 66.0 Å². The Balaban J connectivity index is 2.04. The average molecular weight is 474 g/mol. The molecule has 0 spiro atoms. The highest BCUT2D eigenvalue weighted by molar-refractivity contribution is 5.94. The third kappa shape index (κ3) is 4.67. The van der Waals surface area contributed by atoms with Gasteiger partial charge in [0.25, 0.3) is 5.82 Å². The van der Waals surface area contributed by atoms with Gasteiger partial charge in [-0.1, -0.05) is 30.3 Å². The first-order chi connectivity index (χ1) is 16.9. The van der Waals surface area contributed by atoms with Crippen molar-refractivity contribution in [3.05, 3.63) is 82.9 Å². The number of nitrogens with zero attached hydrogens (tertiary/aromatic N) is 2. The van der Waals surface area contributed by atoms with Crippen molar-refractivity contribution in [3.8, 4) is 22.8 Å². The number of aromatic nitrogens is 1. The summed E-state index contributed by atoms with van der Waals surface area (Å²) in [6.07, 6.45) is 0.733. The number of rotatable bonds is 8. The van der Waals surface area contributed by atoms with Crippen LogP contribution in [-0.4, -0.2) is 38.5 Å². The Bertz CT molecular complexity index is 1350. The van der Waals surface area contributed by atoms with Crippen molar-refractivity contribution in [3.63, 3.8) is 0 Å². The van der Waals surface area contributed by atoms with E-state index in [0.29, 0.717) is 11.5 Å². The van der Waals surface area contributed by atoms with Crippen molar-refractivity contribution >= 4 is 16.6 Å². The lowest BCUT2D eigenvalue weighted by Gasteiger charge is -2.20. The largest absolute Gasteiger partial charge is 0.493 e. The van der Waals surface area contributed by atoms with Crippen molar-refractivity contribution in [2.24, 2.45) is 7.05 Å². The molecule has 4 aromatic rings. The van der Waals surface area contributed by atoms with Crippen molar-refractivity contribution in [1.82, 2.24) is 0 Å². The van der Waals surface area contributed by atoms with Crippen molar-refractivity contribution < 1.29 is 24.3 Å². The van der Waals surface area contributed by atoms with Gasteiger partial charge >= 0.3 is 0 Å². The Morgan fingerprint density at radius 3 is 2.03 bits per heavy atom. The molecule has 0 radical (unpaired) electrons. The fourth-order valence-electron chi connectivity index (χ4n) is 4.78. The van der Waals surface area contributed by atoms with E-state index in [0.717, 1.165) is 51.0 Å². The van der Waals surface area contributed by atoms with Crippen LogP contribution in [0.5, 0.6) is 11.5 Å². The maximum absolute atomic E-state index is 9.91. The van der Waals surface area contributed by atoms with Crippen LogP contribution in [0.4, 0.5) is 5.82 Å². The van der Waals surface area contributed by atoms with Crippen LogP contribution >= 0.6 is 0 Å². The number of hydrogen-bond acceptors (Lipinski definition) is 5. The molecule has 0 bridgehead atoms. The molecule has 0 saturated heterocycles. The normalized spacial score (nSPS) is 11.1. The molecule has 6 heteroatoms. The Kier molecular flexibility index (Phi) is 7.24. The first kappa shape index (κ1) is 24.5. The molecule has 182 valence electrons. The second-order valence-corrected chi connectivity index (χ2v) is 8.86. The molecule has 3 aromatic carbocycles. The number of fused-ring (bicyclic) bond motifs is 1. The number of aliphatic hydroxyl groups is 2. The smallest absolute Gasteiger partial charge is 0.284 e. The van der Waals surface area contributed by atoms with Gasteiger partial charge in [0.05, 0.1) is 54.0 Å². The zero-order chi connectivity index (χ0) is 25.1. The zero-order valence-electron chi connectivity index (χ0n) is 21.0. The van der Waals surface area contributed by atoms with Gasteiger partial charge in [0, 0.05) is 5.56 Å². The van der Waals surface area contributed by atoms with Crippen molar-refractivity contribution in [1.29, 1.82) is 0 Å². The highest BCUT2D eigenvalue weighted by Crippen LogP contribution is 2.38. The Labute approximate surface area is 206 Å². The first-order valence-electron chi connectivity index (χ1n) is 11.6. The summed E-state index contributed by atoms with van der Waals surface area (Å²) >= 11 is 0.